The van der Waals surface area contributed by atoms with Gasteiger partial charge in [0.15, 0.2) is 0 Å². The largest absolute Gasteiger partial charge is 0.389 e. The van der Waals surface area contributed by atoms with Crippen molar-refractivity contribution in [1.29, 1.82) is 0 Å². The monoisotopic (exact) mass is 239 g/mol. The Morgan fingerprint density at radius 1 is 1.65 bits per heavy atom. The third kappa shape index (κ3) is 4.01. The van der Waals surface area contributed by atoms with Gasteiger partial charge in [-0.2, -0.15) is 0 Å². The van der Waals surface area contributed by atoms with Crippen molar-refractivity contribution in [3.8, 4) is 0 Å². The van der Waals surface area contributed by atoms with Gasteiger partial charge >= 0.3 is 0 Å². The van der Waals surface area contributed by atoms with Crippen LogP contribution in [0.15, 0.2) is 18.2 Å². The number of rotatable bonds is 5. The molecule has 0 spiro atoms. The Bertz CT molecular complexity index is 384. The average molecular weight is 239 g/mol. The van der Waals surface area contributed by atoms with Gasteiger partial charge in [-0.25, -0.2) is 4.98 Å². The molecular weight excluding hydrogens is 222 g/mol. The van der Waals surface area contributed by atoms with Crippen LogP contribution in [0.1, 0.15) is 10.5 Å². The topological polar surface area (TPSA) is 88.7 Å². The van der Waals surface area contributed by atoms with Gasteiger partial charge in [0, 0.05) is 20.7 Å². The van der Waals surface area contributed by atoms with Crippen molar-refractivity contribution in [1.82, 2.24) is 9.88 Å². The highest BCUT2D eigenvalue weighted by atomic mass is 16.5. The number of nitrogen functional groups attached to an aromatic ring is 1. The van der Waals surface area contributed by atoms with Crippen molar-refractivity contribution >= 4 is 11.7 Å². The van der Waals surface area contributed by atoms with E-state index >= 15 is 0 Å². The number of carbonyl (C=O) groups is 1. The van der Waals surface area contributed by atoms with Gasteiger partial charge in [-0.15, -0.1) is 0 Å². The Balaban J connectivity index is 2.63. The van der Waals surface area contributed by atoms with Crippen LogP contribution in [0.4, 0.5) is 5.82 Å². The number of methoxy groups -OCH3 is 1. The quantitative estimate of drug-likeness (QED) is 0.739. The fourth-order valence-corrected chi connectivity index (χ4v) is 1.41. The lowest BCUT2D eigenvalue weighted by molar-refractivity contribution is 0.0378. The second-order valence-corrected chi connectivity index (χ2v) is 3.74. The lowest BCUT2D eigenvalue weighted by atomic mass is 10.3. The van der Waals surface area contributed by atoms with Gasteiger partial charge in [-0.1, -0.05) is 6.07 Å². The number of ether oxygens (including phenoxy) is 1. The van der Waals surface area contributed by atoms with Gasteiger partial charge in [0.05, 0.1) is 12.7 Å². The van der Waals surface area contributed by atoms with E-state index < -0.39 is 6.10 Å². The standard InChI is InChI=1S/C11H17N3O3/c1-14(6-8(15)7-17-2)11(16)9-4-3-5-10(12)13-9/h3-5,8,15H,6-7H2,1-2H3,(H2,12,13). The zero-order valence-electron chi connectivity index (χ0n) is 9.96. The Morgan fingerprint density at radius 3 is 2.94 bits per heavy atom. The third-order valence-electron chi connectivity index (χ3n) is 2.18. The third-order valence-corrected chi connectivity index (χ3v) is 2.18. The summed E-state index contributed by atoms with van der Waals surface area (Å²) in [5, 5.41) is 9.51. The molecule has 94 valence electrons. The molecule has 1 heterocycles. The molecule has 1 aromatic heterocycles. The maximum Gasteiger partial charge on any atom is 0.272 e. The summed E-state index contributed by atoms with van der Waals surface area (Å²) in [4.78, 5) is 17.2. The second kappa shape index (κ2) is 6.17. The Hall–Kier alpha value is -1.66. The minimum absolute atomic E-state index is 0.183. The zero-order chi connectivity index (χ0) is 12.8. The normalized spacial score (nSPS) is 12.2. The van der Waals surface area contributed by atoms with Crippen molar-refractivity contribution in [3.63, 3.8) is 0 Å². The fourth-order valence-electron chi connectivity index (χ4n) is 1.41. The number of aliphatic hydroxyl groups excluding tert-OH is 1. The van der Waals surface area contributed by atoms with Crippen LogP contribution in [-0.2, 0) is 4.74 Å². The smallest absolute Gasteiger partial charge is 0.272 e. The predicted octanol–water partition coefficient (Wildman–Crippen LogP) is -0.257. The second-order valence-electron chi connectivity index (χ2n) is 3.74. The predicted molar refractivity (Wildman–Crippen MR) is 63.5 cm³/mol. The summed E-state index contributed by atoms with van der Waals surface area (Å²) in [6.45, 7) is 0.366. The van der Waals surface area contributed by atoms with Gasteiger partial charge in [-0.05, 0) is 12.1 Å². The molecule has 0 bridgehead atoms. The molecule has 0 fully saturated rings. The molecule has 0 radical (unpaired) electrons. The number of nitrogens with zero attached hydrogens (tertiary/aromatic N) is 2. The van der Waals surface area contributed by atoms with Crippen molar-refractivity contribution in [3.05, 3.63) is 23.9 Å². The highest BCUT2D eigenvalue weighted by Gasteiger charge is 2.16. The summed E-state index contributed by atoms with van der Waals surface area (Å²) in [6, 6.07) is 4.85. The first kappa shape index (κ1) is 13.4. The Labute approximate surface area is 100 Å². The Morgan fingerprint density at radius 2 is 2.35 bits per heavy atom. The van der Waals surface area contributed by atoms with E-state index in [1.807, 2.05) is 0 Å². The number of pyridine rings is 1. The van der Waals surface area contributed by atoms with Crippen LogP contribution < -0.4 is 5.73 Å². The average Bonchev–Trinajstić information content (AvgIpc) is 2.28. The van der Waals surface area contributed by atoms with Crippen LogP contribution in [0.25, 0.3) is 0 Å². The number of hydrogen-bond acceptors (Lipinski definition) is 5. The van der Waals surface area contributed by atoms with Gasteiger partial charge in [-0.3, -0.25) is 4.79 Å². The molecule has 0 aliphatic heterocycles. The fraction of sp³-hybridized carbons (Fsp3) is 0.455. The molecule has 0 aliphatic carbocycles. The highest BCUT2D eigenvalue weighted by molar-refractivity contribution is 5.92. The molecule has 17 heavy (non-hydrogen) atoms. The van der Waals surface area contributed by atoms with E-state index in [0.717, 1.165) is 0 Å². The number of aliphatic hydroxyl groups is 1. The molecule has 6 heteroatoms. The number of likely N-dealkylation sites (N-methyl/N-ethyl adjacent to an activating group) is 1. The minimum atomic E-state index is -0.713. The van der Waals surface area contributed by atoms with E-state index in [4.69, 9.17) is 10.5 Å². The van der Waals surface area contributed by atoms with Crippen molar-refractivity contribution in [2.75, 3.05) is 33.0 Å². The summed E-state index contributed by atoms with van der Waals surface area (Å²) in [6.07, 6.45) is -0.713. The lowest BCUT2D eigenvalue weighted by Gasteiger charge is -2.20. The number of carbonyl (C=O) groups excluding carboxylic acids is 1. The van der Waals surface area contributed by atoms with Crippen molar-refractivity contribution in [2.24, 2.45) is 0 Å². The molecule has 1 aromatic rings. The number of amides is 1. The molecule has 1 rings (SSSR count). The minimum Gasteiger partial charge on any atom is -0.389 e. The zero-order valence-corrected chi connectivity index (χ0v) is 9.96. The molecule has 6 nitrogen and oxygen atoms in total. The first-order valence-electron chi connectivity index (χ1n) is 5.19. The van der Waals surface area contributed by atoms with Crippen LogP contribution in [-0.4, -0.2) is 54.3 Å². The first-order chi connectivity index (χ1) is 8.04. The molecule has 1 atom stereocenters. The van der Waals surface area contributed by atoms with E-state index in [-0.39, 0.29) is 24.8 Å². The number of nitrogens with two attached hydrogens (primary N) is 1. The van der Waals surface area contributed by atoms with E-state index in [0.29, 0.717) is 5.82 Å². The molecule has 1 unspecified atom stereocenters. The summed E-state index contributed by atoms with van der Waals surface area (Å²) in [7, 11) is 3.08. The van der Waals surface area contributed by atoms with E-state index in [1.54, 1.807) is 25.2 Å². The van der Waals surface area contributed by atoms with E-state index in [1.165, 1.54) is 12.0 Å². The lowest BCUT2D eigenvalue weighted by Crippen LogP contribution is -2.36. The Kier molecular flexibility index (Phi) is 4.86. The summed E-state index contributed by atoms with van der Waals surface area (Å²) in [5.74, 6) is 0.00847. The summed E-state index contributed by atoms with van der Waals surface area (Å²) < 4.78 is 4.79. The van der Waals surface area contributed by atoms with E-state index in [2.05, 4.69) is 4.98 Å². The number of hydrogen-bond donors (Lipinski definition) is 2. The van der Waals surface area contributed by atoms with Crippen molar-refractivity contribution in [2.45, 2.75) is 6.10 Å². The SMILES string of the molecule is COCC(O)CN(C)C(=O)c1cccc(N)n1. The van der Waals surface area contributed by atoms with Crippen LogP contribution in [0.3, 0.4) is 0 Å². The summed E-state index contributed by atoms with van der Waals surface area (Å²) >= 11 is 0. The molecule has 1 amide bonds. The van der Waals surface area contributed by atoms with Gasteiger partial charge in [0.1, 0.15) is 11.5 Å². The maximum absolute atomic E-state index is 11.9. The van der Waals surface area contributed by atoms with Crippen LogP contribution >= 0.6 is 0 Å². The van der Waals surface area contributed by atoms with E-state index in [9.17, 15) is 9.90 Å². The molecule has 3 N–H and O–H groups in total. The first-order valence-corrected chi connectivity index (χ1v) is 5.19. The van der Waals surface area contributed by atoms with Crippen LogP contribution in [0, 0.1) is 0 Å². The van der Waals surface area contributed by atoms with Crippen molar-refractivity contribution < 1.29 is 14.6 Å². The molecule has 0 aromatic carbocycles. The highest BCUT2D eigenvalue weighted by Crippen LogP contribution is 2.04. The van der Waals surface area contributed by atoms with Gasteiger partial charge in [0.25, 0.3) is 5.91 Å². The molecule has 0 saturated heterocycles. The molecular formula is C11H17N3O3. The molecule has 0 aliphatic rings. The van der Waals surface area contributed by atoms with Crippen LogP contribution in [0.2, 0.25) is 0 Å². The van der Waals surface area contributed by atoms with Crippen LogP contribution in [0.5, 0.6) is 0 Å². The van der Waals surface area contributed by atoms with Gasteiger partial charge in [0.2, 0.25) is 0 Å². The maximum atomic E-state index is 11.9. The number of anilines is 1. The number of aromatic nitrogens is 1. The van der Waals surface area contributed by atoms with Gasteiger partial charge < -0.3 is 20.5 Å². The molecule has 0 saturated carbocycles. The summed E-state index contributed by atoms with van der Waals surface area (Å²) in [5.41, 5.74) is 5.76.